The van der Waals surface area contributed by atoms with E-state index >= 15 is 0 Å². The first-order valence-electron chi connectivity index (χ1n) is 6.88. The van der Waals surface area contributed by atoms with Gasteiger partial charge >= 0.3 is 0 Å². The first-order valence-corrected chi connectivity index (χ1v) is 7.69. The van der Waals surface area contributed by atoms with Crippen LogP contribution >= 0.6 is 11.3 Å². The van der Waals surface area contributed by atoms with E-state index in [1.165, 1.54) is 34.8 Å². The highest BCUT2D eigenvalue weighted by molar-refractivity contribution is 7.11. The fourth-order valence-electron chi connectivity index (χ4n) is 2.31. The molecule has 0 radical (unpaired) electrons. The maximum absolute atomic E-state index is 4.90. The minimum Gasteiger partial charge on any atom is -0.309 e. The average Bonchev–Trinajstić information content (AvgIpc) is 3.18. The predicted octanol–water partition coefficient (Wildman–Crippen LogP) is 3.64. The van der Waals surface area contributed by atoms with E-state index in [0.29, 0.717) is 5.92 Å². The minimum absolute atomic E-state index is 0.560. The lowest BCUT2D eigenvalue weighted by Gasteiger charge is -2.05. The molecule has 94 valence electrons. The number of nitrogens with zero attached hydrogens (tertiary/aromatic N) is 1. The molecule has 0 bridgehead atoms. The highest BCUT2D eigenvalue weighted by atomic mass is 32.1. The Morgan fingerprint density at radius 1 is 1.41 bits per heavy atom. The van der Waals surface area contributed by atoms with Crippen LogP contribution in [0.4, 0.5) is 0 Å². The molecule has 0 saturated heterocycles. The third-order valence-corrected chi connectivity index (χ3v) is 5.05. The maximum atomic E-state index is 4.90. The van der Waals surface area contributed by atoms with Gasteiger partial charge in [0, 0.05) is 23.4 Å². The summed E-state index contributed by atoms with van der Waals surface area (Å²) in [7, 11) is 0. The fourth-order valence-corrected chi connectivity index (χ4v) is 3.73. The Morgan fingerprint density at radius 3 is 2.65 bits per heavy atom. The number of aromatic nitrogens is 1. The molecule has 2 aliphatic rings. The van der Waals surface area contributed by atoms with E-state index in [1.807, 2.05) is 11.3 Å². The van der Waals surface area contributed by atoms with Crippen LogP contribution in [0.1, 0.15) is 67.4 Å². The third kappa shape index (κ3) is 2.55. The molecule has 0 aliphatic heterocycles. The summed E-state index contributed by atoms with van der Waals surface area (Å²) in [5.41, 5.74) is 1.34. The van der Waals surface area contributed by atoms with Crippen molar-refractivity contribution in [3.05, 3.63) is 15.6 Å². The molecule has 1 aromatic rings. The van der Waals surface area contributed by atoms with E-state index < -0.39 is 0 Å². The SMILES string of the molecule is CC(C)c1nc(C2CC2C)sc1CNC1CC1. The molecular weight excluding hydrogens is 228 g/mol. The average molecular weight is 250 g/mol. The van der Waals surface area contributed by atoms with Gasteiger partial charge in [-0.05, 0) is 31.1 Å². The van der Waals surface area contributed by atoms with Crippen LogP contribution in [-0.2, 0) is 6.54 Å². The van der Waals surface area contributed by atoms with Crippen LogP contribution in [0.5, 0.6) is 0 Å². The molecule has 0 spiro atoms. The second-order valence-corrected chi connectivity index (χ2v) is 7.11. The Hall–Kier alpha value is -0.410. The number of rotatable bonds is 5. The lowest BCUT2D eigenvalue weighted by Crippen LogP contribution is -2.15. The Kier molecular flexibility index (Phi) is 2.99. The van der Waals surface area contributed by atoms with Crippen molar-refractivity contribution >= 4 is 11.3 Å². The molecule has 2 aliphatic carbocycles. The number of hydrogen-bond acceptors (Lipinski definition) is 3. The Labute approximate surface area is 108 Å². The monoisotopic (exact) mass is 250 g/mol. The molecule has 3 rings (SSSR count). The normalized spacial score (nSPS) is 27.8. The summed E-state index contributed by atoms with van der Waals surface area (Å²) in [5.74, 6) is 2.20. The van der Waals surface area contributed by atoms with Gasteiger partial charge in [0.1, 0.15) is 0 Å². The lowest BCUT2D eigenvalue weighted by atomic mass is 10.1. The highest BCUT2D eigenvalue weighted by Crippen LogP contribution is 2.49. The van der Waals surface area contributed by atoms with Crippen LogP contribution < -0.4 is 5.32 Å². The van der Waals surface area contributed by atoms with Gasteiger partial charge in [-0.15, -0.1) is 11.3 Å². The number of thiazole rings is 1. The summed E-state index contributed by atoms with van der Waals surface area (Å²) in [6, 6.07) is 0.792. The molecule has 3 heteroatoms. The minimum atomic E-state index is 0.560. The lowest BCUT2D eigenvalue weighted by molar-refractivity contribution is 0.680. The van der Waals surface area contributed by atoms with Crippen molar-refractivity contribution in [1.82, 2.24) is 10.3 Å². The van der Waals surface area contributed by atoms with Crippen LogP contribution in [0.15, 0.2) is 0 Å². The van der Waals surface area contributed by atoms with Crippen molar-refractivity contribution in [2.75, 3.05) is 0 Å². The van der Waals surface area contributed by atoms with E-state index in [2.05, 4.69) is 26.1 Å². The quantitative estimate of drug-likeness (QED) is 0.863. The van der Waals surface area contributed by atoms with Gasteiger partial charge in [-0.3, -0.25) is 0 Å². The van der Waals surface area contributed by atoms with Crippen molar-refractivity contribution in [1.29, 1.82) is 0 Å². The Morgan fingerprint density at radius 2 is 2.12 bits per heavy atom. The zero-order valence-electron chi connectivity index (χ0n) is 11.0. The summed E-state index contributed by atoms with van der Waals surface area (Å²) >= 11 is 1.96. The summed E-state index contributed by atoms with van der Waals surface area (Å²) in [4.78, 5) is 6.39. The molecular formula is C14H22N2S. The largest absolute Gasteiger partial charge is 0.309 e. The van der Waals surface area contributed by atoms with Crippen molar-refractivity contribution in [2.24, 2.45) is 5.92 Å². The van der Waals surface area contributed by atoms with Crippen LogP contribution in [0.2, 0.25) is 0 Å². The van der Waals surface area contributed by atoms with Gasteiger partial charge in [0.2, 0.25) is 0 Å². The third-order valence-electron chi connectivity index (χ3n) is 3.85. The Balaban J connectivity index is 1.75. The molecule has 2 fully saturated rings. The molecule has 1 N–H and O–H groups in total. The Bertz CT molecular complexity index is 406. The molecule has 0 aromatic carbocycles. The summed E-state index contributed by atoms with van der Waals surface area (Å²) < 4.78 is 0. The van der Waals surface area contributed by atoms with Gasteiger partial charge in [-0.2, -0.15) is 0 Å². The molecule has 17 heavy (non-hydrogen) atoms. The van der Waals surface area contributed by atoms with E-state index in [1.54, 1.807) is 0 Å². The van der Waals surface area contributed by atoms with E-state index in [-0.39, 0.29) is 0 Å². The highest BCUT2D eigenvalue weighted by Gasteiger charge is 2.37. The number of hydrogen-bond donors (Lipinski definition) is 1. The van der Waals surface area contributed by atoms with Gasteiger partial charge in [0.25, 0.3) is 0 Å². The first-order chi connectivity index (χ1) is 8.15. The van der Waals surface area contributed by atoms with E-state index in [0.717, 1.165) is 24.4 Å². The predicted molar refractivity (Wildman–Crippen MR) is 72.6 cm³/mol. The summed E-state index contributed by atoms with van der Waals surface area (Å²) in [5, 5.41) is 5.02. The topological polar surface area (TPSA) is 24.9 Å². The van der Waals surface area contributed by atoms with Crippen LogP contribution in [0, 0.1) is 5.92 Å². The van der Waals surface area contributed by atoms with Crippen molar-refractivity contribution in [3.8, 4) is 0 Å². The summed E-state index contributed by atoms with van der Waals surface area (Å²) in [6.45, 7) is 7.89. The van der Waals surface area contributed by atoms with Crippen molar-refractivity contribution in [2.45, 2.75) is 64.5 Å². The molecule has 1 heterocycles. The van der Waals surface area contributed by atoms with Gasteiger partial charge < -0.3 is 5.32 Å². The van der Waals surface area contributed by atoms with Crippen molar-refractivity contribution < 1.29 is 0 Å². The zero-order chi connectivity index (χ0) is 12.0. The van der Waals surface area contributed by atoms with Gasteiger partial charge in [-0.25, -0.2) is 4.98 Å². The molecule has 2 saturated carbocycles. The second kappa shape index (κ2) is 4.36. The zero-order valence-corrected chi connectivity index (χ0v) is 11.8. The van der Waals surface area contributed by atoms with Gasteiger partial charge in [0.15, 0.2) is 0 Å². The first kappa shape index (κ1) is 11.7. The molecule has 2 unspecified atom stereocenters. The van der Waals surface area contributed by atoms with Gasteiger partial charge in [0.05, 0.1) is 10.7 Å². The molecule has 0 amide bonds. The van der Waals surface area contributed by atoms with Crippen LogP contribution in [0.25, 0.3) is 0 Å². The molecule has 1 aromatic heterocycles. The van der Waals surface area contributed by atoms with Gasteiger partial charge in [-0.1, -0.05) is 20.8 Å². The van der Waals surface area contributed by atoms with Crippen molar-refractivity contribution in [3.63, 3.8) is 0 Å². The standard InChI is InChI=1S/C14H22N2S/c1-8(2)13-12(7-15-10-4-5-10)17-14(16-13)11-6-9(11)3/h8-11,15H,4-7H2,1-3H3. The summed E-state index contributed by atoms with van der Waals surface area (Å²) in [6.07, 6.45) is 4.07. The van der Waals surface area contributed by atoms with E-state index in [9.17, 15) is 0 Å². The van der Waals surface area contributed by atoms with Crippen LogP contribution in [0.3, 0.4) is 0 Å². The second-order valence-electron chi connectivity index (χ2n) is 5.99. The number of nitrogens with one attached hydrogen (secondary N) is 1. The molecule has 2 atom stereocenters. The maximum Gasteiger partial charge on any atom is 0.0965 e. The molecule has 2 nitrogen and oxygen atoms in total. The fraction of sp³-hybridized carbons (Fsp3) is 0.786. The van der Waals surface area contributed by atoms with Crippen LogP contribution in [-0.4, -0.2) is 11.0 Å². The smallest absolute Gasteiger partial charge is 0.0965 e. The van der Waals surface area contributed by atoms with E-state index in [4.69, 9.17) is 4.98 Å².